The number of aryl methyl sites for hydroxylation is 2. The smallest absolute Gasteiger partial charge is 0.240 e. The highest BCUT2D eigenvalue weighted by Gasteiger charge is 2.13. The number of imidazole rings is 1. The van der Waals surface area contributed by atoms with Gasteiger partial charge in [0.15, 0.2) is 0 Å². The van der Waals surface area contributed by atoms with Gasteiger partial charge in [-0.3, -0.25) is 4.57 Å². The first-order chi connectivity index (χ1) is 12.8. The van der Waals surface area contributed by atoms with Gasteiger partial charge in [-0.05, 0) is 60.7 Å². The zero-order valence-electron chi connectivity index (χ0n) is 14.8. The van der Waals surface area contributed by atoms with Crippen molar-refractivity contribution in [2.75, 3.05) is 18.4 Å². The normalized spacial score (nSPS) is 11.5. The molecule has 0 aliphatic rings. The maximum Gasteiger partial charge on any atom is 0.240 e. The van der Waals surface area contributed by atoms with Gasteiger partial charge in [-0.15, -0.1) is 0 Å². The SMILES string of the molecule is Cc1nc(NCCNS(=O)(=O)c2ccc(I)cc2)cc(-n2ccnc2C)n1. The minimum absolute atomic E-state index is 0.233. The first-order valence-corrected chi connectivity index (χ1v) is 10.8. The molecule has 0 unspecified atom stereocenters. The minimum atomic E-state index is -3.53. The molecule has 0 radical (unpaired) electrons. The van der Waals surface area contributed by atoms with E-state index in [0.29, 0.717) is 24.0 Å². The van der Waals surface area contributed by atoms with Crippen LogP contribution in [0.2, 0.25) is 0 Å². The van der Waals surface area contributed by atoms with Gasteiger partial charge < -0.3 is 5.32 Å². The number of rotatable bonds is 7. The predicted molar refractivity (Wildman–Crippen MR) is 111 cm³/mol. The molecule has 0 bridgehead atoms. The molecule has 0 aliphatic carbocycles. The van der Waals surface area contributed by atoms with Crippen molar-refractivity contribution < 1.29 is 8.42 Å². The summed E-state index contributed by atoms with van der Waals surface area (Å²) in [5, 5.41) is 3.13. The molecular weight excluding hydrogens is 479 g/mol. The zero-order chi connectivity index (χ0) is 19.4. The van der Waals surface area contributed by atoms with E-state index in [1.807, 2.05) is 17.7 Å². The summed E-state index contributed by atoms with van der Waals surface area (Å²) in [5.41, 5.74) is 0. The van der Waals surface area contributed by atoms with Crippen LogP contribution in [0.4, 0.5) is 5.82 Å². The summed E-state index contributed by atoms with van der Waals surface area (Å²) in [4.78, 5) is 13.2. The second-order valence-electron chi connectivity index (χ2n) is 5.78. The Morgan fingerprint density at radius 2 is 1.85 bits per heavy atom. The summed E-state index contributed by atoms with van der Waals surface area (Å²) in [5.74, 6) is 2.77. The number of nitrogens with zero attached hydrogens (tertiary/aromatic N) is 4. The maximum absolute atomic E-state index is 12.3. The Morgan fingerprint density at radius 1 is 1.11 bits per heavy atom. The summed E-state index contributed by atoms with van der Waals surface area (Å²) in [6.45, 7) is 4.32. The molecule has 1 aromatic carbocycles. The zero-order valence-corrected chi connectivity index (χ0v) is 17.8. The van der Waals surface area contributed by atoms with Crippen molar-refractivity contribution >= 4 is 38.4 Å². The molecule has 2 N–H and O–H groups in total. The molecule has 0 saturated carbocycles. The molecule has 8 nitrogen and oxygen atoms in total. The first kappa shape index (κ1) is 19.7. The summed E-state index contributed by atoms with van der Waals surface area (Å²) >= 11 is 2.13. The number of sulfonamides is 1. The molecule has 2 heterocycles. The van der Waals surface area contributed by atoms with Crippen LogP contribution in [0, 0.1) is 17.4 Å². The Kier molecular flexibility index (Phi) is 6.07. The van der Waals surface area contributed by atoms with E-state index in [0.717, 1.165) is 9.39 Å². The second kappa shape index (κ2) is 8.31. The lowest BCUT2D eigenvalue weighted by Crippen LogP contribution is -2.29. The fraction of sp³-hybridized carbons (Fsp3) is 0.235. The third-order valence-corrected chi connectivity index (χ3v) is 5.94. The van der Waals surface area contributed by atoms with Gasteiger partial charge in [0, 0.05) is 35.1 Å². The molecule has 3 aromatic rings. The van der Waals surface area contributed by atoms with E-state index >= 15 is 0 Å². The highest BCUT2D eigenvalue weighted by atomic mass is 127. The van der Waals surface area contributed by atoms with Crippen molar-refractivity contribution in [3.8, 4) is 5.82 Å². The summed E-state index contributed by atoms with van der Waals surface area (Å²) < 4.78 is 30.0. The average molecular weight is 498 g/mol. The molecule has 0 spiro atoms. The standard InChI is InChI=1S/C17H19IN6O2S/c1-12-22-16(11-17(23-12)24-10-9-19-13(24)2)20-7-8-21-27(25,26)15-5-3-14(18)4-6-15/h3-6,9-11,21H,7-8H2,1-2H3,(H,20,22,23). The lowest BCUT2D eigenvalue weighted by atomic mass is 10.4. The molecule has 0 atom stereocenters. The lowest BCUT2D eigenvalue weighted by molar-refractivity contribution is 0.583. The van der Waals surface area contributed by atoms with Gasteiger partial charge in [0.05, 0.1) is 4.90 Å². The van der Waals surface area contributed by atoms with Crippen molar-refractivity contribution in [1.29, 1.82) is 0 Å². The molecular formula is C17H19IN6O2S. The van der Waals surface area contributed by atoms with Crippen LogP contribution in [0.1, 0.15) is 11.6 Å². The van der Waals surface area contributed by atoms with Crippen molar-refractivity contribution in [3.05, 3.63) is 57.9 Å². The van der Waals surface area contributed by atoms with Gasteiger partial charge in [0.2, 0.25) is 10.0 Å². The van der Waals surface area contributed by atoms with Crippen LogP contribution in [-0.2, 0) is 10.0 Å². The summed E-state index contributed by atoms with van der Waals surface area (Å²) in [7, 11) is -3.53. The quantitative estimate of drug-likeness (QED) is 0.383. The van der Waals surface area contributed by atoms with E-state index in [9.17, 15) is 8.42 Å². The monoisotopic (exact) mass is 498 g/mol. The van der Waals surface area contributed by atoms with Gasteiger partial charge in [-0.25, -0.2) is 28.1 Å². The second-order valence-corrected chi connectivity index (χ2v) is 8.79. The van der Waals surface area contributed by atoms with Gasteiger partial charge >= 0.3 is 0 Å². The molecule has 0 fully saturated rings. The van der Waals surface area contributed by atoms with Crippen molar-refractivity contribution in [3.63, 3.8) is 0 Å². The number of halogens is 1. The fourth-order valence-electron chi connectivity index (χ4n) is 2.46. The molecule has 3 rings (SSSR count). The first-order valence-electron chi connectivity index (χ1n) is 8.20. The highest BCUT2D eigenvalue weighted by molar-refractivity contribution is 14.1. The summed E-state index contributed by atoms with van der Waals surface area (Å²) in [6.07, 6.45) is 3.54. The maximum atomic E-state index is 12.3. The van der Waals surface area contributed by atoms with Crippen LogP contribution < -0.4 is 10.0 Å². The predicted octanol–water partition coefficient (Wildman–Crippen LogP) is 2.27. The van der Waals surface area contributed by atoms with Crippen molar-refractivity contribution in [2.24, 2.45) is 0 Å². The number of hydrogen-bond donors (Lipinski definition) is 2. The van der Waals surface area contributed by atoms with Gasteiger partial charge in [0.1, 0.15) is 23.3 Å². The Morgan fingerprint density at radius 3 is 2.52 bits per heavy atom. The van der Waals surface area contributed by atoms with Crippen LogP contribution >= 0.6 is 22.6 Å². The van der Waals surface area contributed by atoms with Crippen molar-refractivity contribution in [1.82, 2.24) is 24.2 Å². The lowest BCUT2D eigenvalue weighted by Gasteiger charge is -2.11. The topological polar surface area (TPSA) is 102 Å². The van der Waals surface area contributed by atoms with E-state index < -0.39 is 10.0 Å². The number of aromatic nitrogens is 4. The molecule has 142 valence electrons. The molecule has 0 amide bonds. The van der Waals surface area contributed by atoms with Crippen molar-refractivity contribution in [2.45, 2.75) is 18.7 Å². The largest absolute Gasteiger partial charge is 0.369 e. The Hall–Kier alpha value is -2.05. The minimum Gasteiger partial charge on any atom is -0.369 e. The Labute approximate surface area is 171 Å². The molecule has 10 heteroatoms. The van der Waals surface area contributed by atoms with E-state index in [2.05, 4.69) is 47.6 Å². The van der Waals surface area contributed by atoms with E-state index in [4.69, 9.17) is 0 Å². The van der Waals surface area contributed by atoms with Crippen LogP contribution in [0.15, 0.2) is 47.6 Å². The molecule has 2 aromatic heterocycles. The number of benzene rings is 1. The Bertz CT molecular complexity index is 1030. The number of anilines is 1. The number of nitrogens with one attached hydrogen (secondary N) is 2. The molecule has 27 heavy (non-hydrogen) atoms. The molecule has 0 aliphatic heterocycles. The third-order valence-electron chi connectivity index (χ3n) is 3.74. The van der Waals surface area contributed by atoms with Gasteiger partial charge in [-0.2, -0.15) is 0 Å². The molecule has 0 saturated heterocycles. The number of hydrogen-bond acceptors (Lipinski definition) is 6. The fourth-order valence-corrected chi connectivity index (χ4v) is 3.85. The van der Waals surface area contributed by atoms with Crippen LogP contribution in [-0.4, -0.2) is 41.0 Å². The average Bonchev–Trinajstić information content (AvgIpc) is 3.05. The Balaban J connectivity index is 1.61. The van der Waals surface area contributed by atoms with E-state index in [-0.39, 0.29) is 11.4 Å². The highest BCUT2D eigenvalue weighted by Crippen LogP contribution is 2.13. The van der Waals surface area contributed by atoms with Crippen LogP contribution in [0.5, 0.6) is 0 Å². The van der Waals surface area contributed by atoms with Gasteiger partial charge in [-0.1, -0.05) is 0 Å². The van der Waals surface area contributed by atoms with Crippen LogP contribution in [0.3, 0.4) is 0 Å². The summed E-state index contributed by atoms with van der Waals surface area (Å²) in [6, 6.07) is 8.50. The van der Waals surface area contributed by atoms with E-state index in [1.54, 1.807) is 43.5 Å². The van der Waals surface area contributed by atoms with Gasteiger partial charge in [0.25, 0.3) is 0 Å². The van der Waals surface area contributed by atoms with E-state index in [1.165, 1.54) is 0 Å². The third kappa shape index (κ3) is 5.02. The van der Waals surface area contributed by atoms with Crippen LogP contribution in [0.25, 0.3) is 5.82 Å².